The molecule has 0 unspecified atom stereocenters. The minimum Gasteiger partial charge on any atom is -0.311 e. The topological polar surface area (TPSA) is 6.48 Å². The highest BCUT2D eigenvalue weighted by molar-refractivity contribution is 7.33. The van der Waals surface area contributed by atoms with Crippen LogP contribution in [0.15, 0.2) is 121 Å². The zero-order valence-electron chi connectivity index (χ0n) is 39.3. The SMILES string of the molecule is CC(C)(C)c1ccc(N2c3cc4c(cc3B3c5sc6ccc(-c7ccccc7)cc6c5N(c5ccc(C(C)(C)C)cc5)c5cc(C(C)(C)C)cc2c53)C(C)(C)CCC4(C)C)cc1. The number of thiophene rings is 1. The summed E-state index contributed by atoms with van der Waals surface area (Å²) in [5.74, 6) is 0. The maximum atomic E-state index is 2.68. The van der Waals surface area contributed by atoms with Gasteiger partial charge in [-0.2, -0.15) is 0 Å². The fourth-order valence-electron chi connectivity index (χ4n) is 10.6. The standard InChI is InChI=1S/C58H63BN2S/c1-54(2,3)38-20-24-41(25-21-38)60-47-35-45-44(57(10,11)29-30-58(45,12)13)34-46(47)59-51-48(60)32-40(56(7,8)9)33-49(51)61(42-26-22-39(23-27-42)55(4,5)6)52-43-31-37(36-17-15-14-16-18-36)19-28-50(43)62-53(52)59/h14-28,31-35H,29-30H2,1-13H3. The number of hydrogen-bond acceptors (Lipinski definition) is 3. The molecular formula is C58H63BN2S. The van der Waals surface area contributed by atoms with Crippen molar-refractivity contribution >= 4 is 78.0 Å². The van der Waals surface area contributed by atoms with Gasteiger partial charge in [0.1, 0.15) is 0 Å². The van der Waals surface area contributed by atoms with Crippen LogP contribution >= 0.6 is 11.3 Å². The molecular weight excluding hydrogens is 768 g/mol. The van der Waals surface area contributed by atoms with Crippen LogP contribution in [0.4, 0.5) is 34.1 Å². The van der Waals surface area contributed by atoms with Gasteiger partial charge in [-0.3, -0.25) is 0 Å². The largest absolute Gasteiger partial charge is 0.311 e. The molecule has 0 saturated carbocycles. The second-order valence-electron chi connectivity index (χ2n) is 23.0. The van der Waals surface area contributed by atoms with Gasteiger partial charge in [0.05, 0.1) is 5.69 Å². The maximum Gasteiger partial charge on any atom is 0.264 e. The first kappa shape index (κ1) is 41.0. The van der Waals surface area contributed by atoms with Gasteiger partial charge in [-0.15, -0.1) is 11.3 Å². The van der Waals surface area contributed by atoms with Crippen LogP contribution in [0.25, 0.3) is 21.2 Å². The Hall–Kier alpha value is -5.06. The Labute approximate surface area is 376 Å². The van der Waals surface area contributed by atoms with Gasteiger partial charge in [0.15, 0.2) is 0 Å². The van der Waals surface area contributed by atoms with E-state index in [4.69, 9.17) is 0 Å². The van der Waals surface area contributed by atoms with Crippen LogP contribution < -0.4 is 25.5 Å². The van der Waals surface area contributed by atoms with E-state index >= 15 is 0 Å². The van der Waals surface area contributed by atoms with E-state index in [0.29, 0.717) is 0 Å². The Balaban J connectivity index is 1.35. The Morgan fingerprint density at radius 1 is 0.500 bits per heavy atom. The summed E-state index contributed by atoms with van der Waals surface area (Å²) in [6, 6.07) is 47.5. The fourth-order valence-corrected chi connectivity index (χ4v) is 11.9. The minimum atomic E-state index is -0.0931. The summed E-state index contributed by atoms with van der Waals surface area (Å²) in [5.41, 5.74) is 20.2. The Morgan fingerprint density at radius 3 is 1.56 bits per heavy atom. The summed E-state index contributed by atoms with van der Waals surface area (Å²) in [6.45, 7) is 31.0. The molecule has 0 atom stereocenters. The molecule has 10 rings (SSSR count). The summed E-state index contributed by atoms with van der Waals surface area (Å²) >= 11 is 2.00. The third-order valence-electron chi connectivity index (χ3n) is 14.6. The van der Waals surface area contributed by atoms with Gasteiger partial charge >= 0.3 is 0 Å². The molecule has 0 amide bonds. The maximum absolute atomic E-state index is 2.68. The summed E-state index contributed by atoms with van der Waals surface area (Å²) in [6.07, 6.45) is 2.36. The van der Waals surface area contributed by atoms with E-state index in [2.05, 4.69) is 221 Å². The van der Waals surface area contributed by atoms with Crippen LogP contribution in [0.2, 0.25) is 0 Å². The molecule has 6 aromatic carbocycles. The third kappa shape index (κ3) is 6.49. The fraction of sp³-hybridized carbons (Fsp3) is 0.345. The van der Waals surface area contributed by atoms with Crippen molar-refractivity contribution in [2.24, 2.45) is 0 Å². The van der Waals surface area contributed by atoms with E-state index in [0.717, 1.165) is 0 Å². The highest BCUT2D eigenvalue weighted by atomic mass is 32.1. The van der Waals surface area contributed by atoms with Crippen molar-refractivity contribution < 1.29 is 0 Å². The van der Waals surface area contributed by atoms with Crippen LogP contribution in [0.5, 0.6) is 0 Å². The van der Waals surface area contributed by atoms with Crippen LogP contribution in [-0.4, -0.2) is 6.71 Å². The first-order valence-corrected chi connectivity index (χ1v) is 23.7. The summed E-state index contributed by atoms with van der Waals surface area (Å²) in [7, 11) is 0. The quantitative estimate of drug-likeness (QED) is 0.164. The van der Waals surface area contributed by atoms with Gasteiger partial charge in [-0.05, 0) is 144 Å². The monoisotopic (exact) mass is 830 g/mol. The van der Waals surface area contributed by atoms with Crippen molar-refractivity contribution in [2.45, 2.75) is 130 Å². The Bertz CT molecular complexity index is 2890. The average molecular weight is 831 g/mol. The molecule has 0 bridgehead atoms. The minimum absolute atomic E-state index is 0.0515. The lowest BCUT2D eigenvalue weighted by molar-refractivity contribution is 0.332. The van der Waals surface area contributed by atoms with Crippen molar-refractivity contribution in [2.75, 3.05) is 9.80 Å². The predicted molar refractivity (Wildman–Crippen MR) is 273 cm³/mol. The van der Waals surface area contributed by atoms with E-state index < -0.39 is 0 Å². The smallest absolute Gasteiger partial charge is 0.264 e. The predicted octanol–water partition coefficient (Wildman–Crippen LogP) is 14.9. The molecule has 1 aliphatic carbocycles. The number of benzene rings is 6. The van der Waals surface area contributed by atoms with Crippen LogP contribution in [0.3, 0.4) is 0 Å². The molecule has 2 aliphatic heterocycles. The van der Waals surface area contributed by atoms with Crippen molar-refractivity contribution in [1.82, 2.24) is 0 Å². The van der Waals surface area contributed by atoms with Crippen LogP contribution in [0, 0.1) is 0 Å². The highest BCUT2D eigenvalue weighted by Gasteiger charge is 2.48. The lowest BCUT2D eigenvalue weighted by Gasteiger charge is -2.47. The molecule has 0 saturated heterocycles. The van der Waals surface area contributed by atoms with Gasteiger partial charge in [0.25, 0.3) is 6.71 Å². The lowest BCUT2D eigenvalue weighted by atomic mass is 9.35. The summed E-state index contributed by atoms with van der Waals surface area (Å²) in [5, 5.41) is 1.32. The lowest BCUT2D eigenvalue weighted by Crippen LogP contribution is -2.61. The van der Waals surface area contributed by atoms with Crippen LogP contribution in [0.1, 0.15) is 131 Å². The molecule has 3 aliphatic rings. The highest BCUT2D eigenvalue weighted by Crippen LogP contribution is 2.53. The van der Waals surface area contributed by atoms with Crippen molar-refractivity contribution in [3.63, 3.8) is 0 Å². The number of fused-ring (bicyclic) bond motifs is 7. The molecule has 314 valence electrons. The number of nitrogens with zero attached hydrogens (tertiary/aromatic N) is 2. The van der Waals surface area contributed by atoms with Gasteiger partial charge < -0.3 is 9.80 Å². The molecule has 4 heteroatoms. The van der Waals surface area contributed by atoms with Crippen LogP contribution in [-0.2, 0) is 27.1 Å². The molecule has 0 N–H and O–H groups in total. The molecule has 7 aromatic rings. The van der Waals surface area contributed by atoms with E-state index in [1.165, 1.54) is 112 Å². The van der Waals surface area contributed by atoms with E-state index in [1.54, 1.807) is 0 Å². The number of rotatable bonds is 3. The Kier molecular flexibility index (Phi) is 9.07. The second-order valence-corrected chi connectivity index (χ2v) is 24.1. The second kappa shape index (κ2) is 13.7. The summed E-state index contributed by atoms with van der Waals surface area (Å²) in [4.78, 5) is 5.30. The normalized spacial score (nSPS) is 16.5. The van der Waals surface area contributed by atoms with Crippen molar-refractivity contribution in [3.05, 3.63) is 149 Å². The molecule has 0 spiro atoms. The third-order valence-corrected chi connectivity index (χ3v) is 15.8. The van der Waals surface area contributed by atoms with Gasteiger partial charge in [0.2, 0.25) is 0 Å². The van der Waals surface area contributed by atoms with Gasteiger partial charge in [-0.25, -0.2) is 0 Å². The number of anilines is 6. The van der Waals surface area contributed by atoms with Gasteiger partial charge in [0, 0.05) is 43.3 Å². The zero-order chi connectivity index (χ0) is 43.9. The Morgan fingerprint density at radius 2 is 1.02 bits per heavy atom. The molecule has 0 fully saturated rings. The molecule has 1 aromatic heterocycles. The van der Waals surface area contributed by atoms with Gasteiger partial charge in [-0.1, -0.05) is 157 Å². The van der Waals surface area contributed by atoms with E-state index in [-0.39, 0.29) is 33.8 Å². The number of hydrogen-bond donors (Lipinski definition) is 0. The molecule has 3 heterocycles. The first-order chi connectivity index (χ1) is 29.1. The summed E-state index contributed by atoms with van der Waals surface area (Å²) < 4.78 is 2.76. The molecule has 2 nitrogen and oxygen atoms in total. The zero-order valence-corrected chi connectivity index (χ0v) is 40.2. The first-order valence-electron chi connectivity index (χ1n) is 22.9. The average Bonchev–Trinajstić information content (AvgIpc) is 3.60. The van der Waals surface area contributed by atoms with E-state index in [9.17, 15) is 0 Å². The van der Waals surface area contributed by atoms with E-state index in [1.807, 2.05) is 11.3 Å². The van der Waals surface area contributed by atoms with Crippen molar-refractivity contribution in [3.8, 4) is 11.1 Å². The molecule has 0 radical (unpaired) electrons. The molecule has 62 heavy (non-hydrogen) atoms. The van der Waals surface area contributed by atoms with Crippen molar-refractivity contribution in [1.29, 1.82) is 0 Å².